The zero-order valence-electron chi connectivity index (χ0n) is 10.7. The molecule has 0 bridgehead atoms. The quantitative estimate of drug-likeness (QED) is 0.804. The molecule has 0 radical (unpaired) electrons. The van der Waals surface area contributed by atoms with Crippen molar-refractivity contribution < 1.29 is 4.39 Å². The van der Waals surface area contributed by atoms with E-state index in [0.29, 0.717) is 12.2 Å². The number of rotatable bonds is 3. The predicted molar refractivity (Wildman–Crippen MR) is 79.7 cm³/mol. The van der Waals surface area contributed by atoms with E-state index in [4.69, 9.17) is 23.2 Å². The van der Waals surface area contributed by atoms with Crippen molar-refractivity contribution in [1.29, 1.82) is 0 Å². The van der Waals surface area contributed by atoms with Gasteiger partial charge in [0.15, 0.2) is 0 Å². The van der Waals surface area contributed by atoms with Crippen LogP contribution in [0.2, 0.25) is 10.0 Å². The highest BCUT2D eigenvalue weighted by Gasteiger charge is 2.08. The zero-order valence-corrected chi connectivity index (χ0v) is 12.2. The maximum Gasteiger partial charge on any atom is 0.126 e. The summed E-state index contributed by atoms with van der Waals surface area (Å²) in [4.78, 5) is 0. The fourth-order valence-electron chi connectivity index (χ4n) is 1.94. The molecule has 0 unspecified atom stereocenters. The van der Waals surface area contributed by atoms with E-state index in [1.54, 1.807) is 0 Å². The lowest BCUT2D eigenvalue weighted by Gasteiger charge is -2.12. The van der Waals surface area contributed by atoms with E-state index < -0.39 is 5.82 Å². The zero-order chi connectivity index (χ0) is 14.0. The fraction of sp³-hybridized carbons (Fsp3) is 0.200. The Balaban J connectivity index is 2.19. The first-order valence-corrected chi connectivity index (χ1v) is 6.67. The van der Waals surface area contributed by atoms with Gasteiger partial charge in [-0.1, -0.05) is 47.0 Å². The first-order valence-electron chi connectivity index (χ1n) is 5.92. The van der Waals surface area contributed by atoms with E-state index in [1.807, 2.05) is 0 Å². The highest BCUT2D eigenvalue weighted by molar-refractivity contribution is 6.39. The molecule has 0 amide bonds. The molecule has 19 heavy (non-hydrogen) atoms. The minimum Gasteiger partial charge on any atom is -0.379 e. The van der Waals surface area contributed by atoms with Crippen molar-refractivity contribution in [2.75, 3.05) is 5.32 Å². The Morgan fingerprint density at radius 1 is 1.05 bits per heavy atom. The summed E-state index contributed by atoms with van der Waals surface area (Å²) in [6.45, 7) is 4.70. The summed E-state index contributed by atoms with van der Waals surface area (Å²) in [5, 5.41) is 3.73. The molecule has 4 heteroatoms. The van der Waals surface area contributed by atoms with Crippen LogP contribution in [-0.2, 0) is 6.54 Å². The minimum absolute atomic E-state index is 0.287. The predicted octanol–water partition coefficient (Wildman–Crippen LogP) is 5.36. The molecule has 0 atom stereocenters. The lowest BCUT2D eigenvalue weighted by molar-refractivity contribution is 0.628. The Hall–Kier alpha value is -1.25. The molecule has 2 rings (SSSR count). The van der Waals surface area contributed by atoms with Gasteiger partial charge in [0.25, 0.3) is 0 Å². The van der Waals surface area contributed by atoms with Crippen LogP contribution in [0, 0.1) is 19.7 Å². The van der Waals surface area contributed by atoms with Gasteiger partial charge in [-0.05, 0) is 37.1 Å². The number of aryl methyl sites for hydroxylation is 2. The topological polar surface area (TPSA) is 12.0 Å². The van der Waals surface area contributed by atoms with E-state index in [9.17, 15) is 4.39 Å². The van der Waals surface area contributed by atoms with Crippen molar-refractivity contribution in [3.63, 3.8) is 0 Å². The van der Waals surface area contributed by atoms with Gasteiger partial charge >= 0.3 is 0 Å². The van der Waals surface area contributed by atoms with E-state index in [0.717, 1.165) is 5.56 Å². The first kappa shape index (κ1) is 14.2. The third-order valence-electron chi connectivity index (χ3n) is 2.96. The third-order valence-corrected chi connectivity index (χ3v) is 3.56. The lowest BCUT2D eigenvalue weighted by Crippen LogP contribution is -2.03. The second-order valence-electron chi connectivity index (χ2n) is 4.53. The van der Waals surface area contributed by atoms with Crippen LogP contribution in [0.4, 0.5) is 10.1 Å². The summed E-state index contributed by atoms with van der Waals surface area (Å²) in [6, 6.07) is 8.72. The fourth-order valence-corrected chi connectivity index (χ4v) is 2.53. The maximum absolute atomic E-state index is 13.1. The molecule has 0 aromatic heterocycles. The minimum atomic E-state index is -0.438. The van der Waals surface area contributed by atoms with Crippen LogP contribution in [0.1, 0.15) is 16.7 Å². The molecule has 0 fully saturated rings. The summed E-state index contributed by atoms with van der Waals surface area (Å²) in [5.74, 6) is -0.438. The number of hydrogen-bond acceptors (Lipinski definition) is 1. The summed E-state index contributed by atoms with van der Waals surface area (Å²) >= 11 is 12.0. The number of anilines is 1. The van der Waals surface area contributed by atoms with Crippen LogP contribution in [0.15, 0.2) is 30.3 Å². The summed E-state index contributed by atoms with van der Waals surface area (Å²) in [6.07, 6.45) is 0. The molecule has 0 aliphatic rings. The third kappa shape index (κ3) is 3.40. The van der Waals surface area contributed by atoms with Gasteiger partial charge in [0.1, 0.15) is 5.82 Å². The van der Waals surface area contributed by atoms with E-state index in [-0.39, 0.29) is 10.0 Å². The van der Waals surface area contributed by atoms with Crippen LogP contribution in [-0.4, -0.2) is 0 Å². The highest BCUT2D eigenvalue weighted by Crippen LogP contribution is 2.31. The van der Waals surface area contributed by atoms with Crippen LogP contribution in [0.25, 0.3) is 0 Å². The van der Waals surface area contributed by atoms with Gasteiger partial charge in [-0.15, -0.1) is 0 Å². The lowest BCUT2D eigenvalue weighted by atomic mass is 10.1. The molecule has 2 aromatic rings. The van der Waals surface area contributed by atoms with E-state index in [2.05, 4.69) is 37.4 Å². The number of benzene rings is 2. The molecular weight excluding hydrogens is 284 g/mol. The molecular formula is C15H14Cl2FN. The average molecular weight is 298 g/mol. The van der Waals surface area contributed by atoms with Gasteiger partial charge in [0.05, 0.1) is 15.7 Å². The summed E-state index contributed by atoms with van der Waals surface area (Å²) in [5.41, 5.74) is 4.13. The SMILES string of the molecule is Cc1ccc(CNc2c(Cl)cc(F)cc2Cl)c(C)c1. The van der Waals surface area contributed by atoms with Crippen LogP contribution in [0.3, 0.4) is 0 Å². The van der Waals surface area contributed by atoms with Crippen molar-refractivity contribution >= 4 is 28.9 Å². The Bertz CT molecular complexity index is 588. The van der Waals surface area contributed by atoms with Crippen LogP contribution < -0.4 is 5.32 Å². The maximum atomic E-state index is 13.1. The molecule has 2 aromatic carbocycles. The Morgan fingerprint density at radius 2 is 1.68 bits per heavy atom. The summed E-state index contributed by atoms with van der Waals surface area (Å²) in [7, 11) is 0. The van der Waals surface area contributed by atoms with Gasteiger partial charge in [0.2, 0.25) is 0 Å². The van der Waals surface area contributed by atoms with Gasteiger partial charge in [-0.3, -0.25) is 0 Å². The van der Waals surface area contributed by atoms with Crippen molar-refractivity contribution in [1.82, 2.24) is 0 Å². The largest absolute Gasteiger partial charge is 0.379 e. The molecule has 0 saturated heterocycles. The number of hydrogen-bond donors (Lipinski definition) is 1. The van der Waals surface area contributed by atoms with E-state index >= 15 is 0 Å². The second-order valence-corrected chi connectivity index (χ2v) is 5.34. The van der Waals surface area contributed by atoms with Crippen molar-refractivity contribution in [3.05, 3.63) is 62.9 Å². The molecule has 0 spiro atoms. The van der Waals surface area contributed by atoms with Gasteiger partial charge in [0, 0.05) is 6.54 Å². The molecule has 0 saturated carbocycles. The Labute approximate surface area is 122 Å². The normalized spacial score (nSPS) is 10.6. The summed E-state index contributed by atoms with van der Waals surface area (Å²) < 4.78 is 13.1. The van der Waals surface area contributed by atoms with E-state index in [1.165, 1.54) is 23.3 Å². The standard InChI is InChI=1S/C15H14Cl2FN/c1-9-3-4-11(10(2)5-9)8-19-15-13(16)6-12(18)7-14(15)17/h3-7,19H,8H2,1-2H3. The number of halogens is 3. The number of nitrogens with one attached hydrogen (secondary N) is 1. The van der Waals surface area contributed by atoms with Gasteiger partial charge in [-0.2, -0.15) is 0 Å². The smallest absolute Gasteiger partial charge is 0.126 e. The molecule has 1 nitrogen and oxygen atoms in total. The van der Waals surface area contributed by atoms with Crippen molar-refractivity contribution in [2.24, 2.45) is 0 Å². The molecule has 0 aliphatic carbocycles. The molecule has 100 valence electrons. The molecule has 1 N–H and O–H groups in total. The Kier molecular flexibility index (Phi) is 4.33. The first-order chi connectivity index (χ1) is 8.97. The van der Waals surface area contributed by atoms with Crippen LogP contribution in [0.5, 0.6) is 0 Å². The second kappa shape index (κ2) is 5.81. The average Bonchev–Trinajstić information content (AvgIpc) is 2.30. The van der Waals surface area contributed by atoms with Crippen molar-refractivity contribution in [3.8, 4) is 0 Å². The van der Waals surface area contributed by atoms with Crippen LogP contribution >= 0.6 is 23.2 Å². The molecule has 0 aliphatic heterocycles. The van der Waals surface area contributed by atoms with Gasteiger partial charge in [-0.25, -0.2) is 4.39 Å². The van der Waals surface area contributed by atoms with Gasteiger partial charge < -0.3 is 5.32 Å². The Morgan fingerprint density at radius 3 is 2.26 bits per heavy atom. The molecule has 0 heterocycles. The van der Waals surface area contributed by atoms with Crippen molar-refractivity contribution in [2.45, 2.75) is 20.4 Å². The monoisotopic (exact) mass is 297 g/mol. The highest BCUT2D eigenvalue weighted by atomic mass is 35.5.